The van der Waals surface area contributed by atoms with Crippen LogP contribution in [-0.4, -0.2) is 42.3 Å². The summed E-state index contributed by atoms with van der Waals surface area (Å²) >= 11 is 0. The molecule has 0 aliphatic rings. The van der Waals surface area contributed by atoms with Crippen LogP contribution in [-0.2, 0) is 0 Å². The maximum absolute atomic E-state index is 8.93. The molecule has 3 aromatic rings. The third-order valence-corrected chi connectivity index (χ3v) is 4.16. The van der Waals surface area contributed by atoms with Crippen molar-refractivity contribution in [1.82, 2.24) is 9.97 Å². The van der Waals surface area contributed by atoms with Crippen LogP contribution in [0.5, 0.6) is 0 Å². The fourth-order valence-electron chi connectivity index (χ4n) is 2.73. The molecule has 0 saturated carbocycles. The second-order valence-electron chi connectivity index (χ2n) is 6.22. The Morgan fingerprint density at radius 1 is 1.08 bits per heavy atom. The minimum Gasteiger partial charge on any atom is -0.396 e. The summed E-state index contributed by atoms with van der Waals surface area (Å²) in [6.45, 7) is 0.996. The quantitative estimate of drug-likeness (QED) is 0.646. The molecular formula is C20H24N4O. The maximum Gasteiger partial charge on any atom is 0.136 e. The van der Waals surface area contributed by atoms with E-state index in [-0.39, 0.29) is 6.61 Å². The number of rotatable bonds is 7. The van der Waals surface area contributed by atoms with Gasteiger partial charge in [-0.1, -0.05) is 12.1 Å². The summed E-state index contributed by atoms with van der Waals surface area (Å²) in [6, 6.07) is 14.3. The summed E-state index contributed by atoms with van der Waals surface area (Å²) < 4.78 is 0. The standard InChI is InChI=1S/C20H24N4O/c1-24(2)16-9-7-15(8-10-16)18-14-19-17(6-5-12-21-19)20(23-18)22-11-3-4-13-25/h5-10,12,14,25H,3-4,11,13H2,1-2H3,(H,22,23). The van der Waals surface area contributed by atoms with Gasteiger partial charge in [-0.2, -0.15) is 0 Å². The van der Waals surface area contributed by atoms with Crippen molar-refractivity contribution < 1.29 is 5.11 Å². The van der Waals surface area contributed by atoms with Gasteiger partial charge in [0.15, 0.2) is 0 Å². The minimum atomic E-state index is 0.218. The van der Waals surface area contributed by atoms with Crippen LogP contribution in [0.1, 0.15) is 12.8 Å². The van der Waals surface area contributed by atoms with E-state index < -0.39 is 0 Å². The third-order valence-electron chi connectivity index (χ3n) is 4.16. The van der Waals surface area contributed by atoms with Crippen LogP contribution in [0.2, 0.25) is 0 Å². The number of unbranched alkanes of at least 4 members (excludes halogenated alkanes) is 1. The van der Waals surface area contributed by atoms with Gasteiger partial charge in [-0.15, -0.1) is 0 Å². The molecule has 0 atom stereocenters. The normalized spacial score (nSPS) is 10.8. The Morgan fingerprint density at radius 2 is 1.88 bits per heavy atom. The molecule has 2 heterocycles. The highest BCUT2D eigenvalue weighted by atomic mass is 16.2. The second-order valence-corrected chi connectivity index (χ2v) is 6.22. The Hall–Kier alpha value is -2.66. The van der Waals surface area contributed by atoms with Crippen molar-refractivity contribution in [3.8, 4) is 11.3 Å². The van der Waals surface area contributed by atoms with Gasteiger partial charge in [0.25, 0.3) is 0 Å². The number of fused-ring (bicyclic) bond motifs is 1. The smallest absolute Gasteiger partial charge is 0.136 e. The van der Waals surface area contributed by atoms with E-state index in [4.69, 9.17) is 10.1 Å². The van der Waals surface area contributed by atoms with E-state index in [1.807, 2.05) is 32.3 Å². The number of aliphatic hydroxyl groups excluding tert-OH is 1. The lowest BCUT2D eigenvalue weighted by molar-refractivity contribution is 0.286. The summed E-state index contributed by atoms with van der Waals surface area (Å²) in [5, 5.41) is 13.3. The molecule has 0 unspecified atom stereocenters. The molecule has 0 amide bonds. The topological polar surface area (TPSA) is 61.3 Å². The lowest BCUT2D eigenvalue weighted by Gasteiger charge is -2.14. The number of nitrogens with zero attached hydrogens (tertiary/aromatic N) is 3. The molecular weight excluding hydrogens is 312 g/mol. The Kier molecular flexibility index (Phi) is 5.46. The van der Waals surface area contributed by atoms with Crippen molar-refractivity contribution in [2.75, 3.05) is 37.5 Å². The average Bonchev–Trinajstić information content (AvgIpc) is 2.65. The molecule has 3 rings (SSSR count). The van der Waals surface area contributed by atoms with E-state index in [0.29, 0.717) is 0 Å². The van der Waals surface area contributed by atoms with Crippen LogP contribution in [0.25, 0.3) is 22.2 Å². The lowest BCUT2D eigenvalue weighted by atomic mass is 10.1. The average molecular weight is 336 g/mol. The number of anilines is 2. The maximum atomic E-state index is 8.93. The summed E-state index contributed by atoms with van der Waals surface area (Å²) in [4.78, 5) is 11.4. The van der Waals surface area contributed by atoms with Crippen molar-refractivity contribution in [2.24, 2.45) is 0 Å². The first kappa shape index (κ1) is 17.2. The molecule has 0 fully saturated rings. The van der Waals surface area contributed by atoms with E-state index in [0.717, 1.165) is 53.1 Å². The Balaban J connectivity index is 1.95. The van der Waals surface area contributed by atoms with Gasteiger partial charge >= 0.3 is 0 Å². The number of aliphatic hydroxyl groups is 1. The van der Waals surface area contributed by atoms with Gasteiger partial charge in [0.05, 0.1) is 11.2 Å². The largest absolute Gasteiger partial charge is 0.396 e. The highest BCUT2D eigenvalue weighted by molar-refractivity contribution is 5.92. The third kappa shape index (κ3) is 4.06. The predicted molar refractivity (Wildman–Crippen MR) is 104 cm³/mol. The molecule has 5 heteroatoms. The SMILES string of the molecule is CN(C)c1ccc(-c2cc3ncccc3c(NCCCCO)n2)cc1. The molecule has 0 aliphatic carbocycles. The zero-order valence-corrected chi connectivity index (χ0v) is 14.7. The van der Waals surface area contributed by atoms with Gasteiger partial charge in [-0.3, -0.25) is 4.98 Å². The molecule has 0 aliphatic heterocycles. The summed E-state index contributed by atoms with van der Waals surface area (Å²) in [6.07, 6.45) is 3.49. The number of benzene rings is 1. The first-order valence-corrected chi connectivity index (χ1v) is 8.57. The van der Waals surface area contributed by atoms with E-state index in [2.05, 4.69) is 39.5 Å². The predicted octanol–water partition coefficient (Wildman–Crippen LogP) is 3.55. The van der Waals surface area contributed by atoms with E-state index in [9.17, 15) is 0 Å². The number of nitrogens with one attached hydrogen (secondary N) is 1. The van der Waals surface area contributed by atoms with Gasteiger partial charge < -0.3 is 15.3 Å². The zero-order valence-electron chi connectivity index (χ0n) is 14.7. The minimum absolute atomic E-state index is 0.218. The van der Waals surface area contributed by atoms with Crippen LogP contribution in [0.4, 0.5) is 11.5 Å². The molecule has 0 radical (unpaired) electrons. The Morgan fingerprint density at radius 3 is 2.60 bits per heavy atom. The molecule has 2 N–H and O–H groups in total. The van der Waals surface area contributed by atoms with Crippen molar-refractivity contribution in [1.29, 1.82) is 0 Å². The molecule has 2 aromatic heterocycles. The van der Waals surface area contributed by atoms with Gasteiger partial charge in [0.2, 0.25) is 0 Å². The molecule has 25 heavy (non-hydrogen) atoms. The van der Waals surface area contributed by atoms with Gasteiger partial charge in [0.1, 0.15) is 5.82 Å². The van der Waals surface area contributed by atoms with E-state index in [1.165, 1.54) is 0 Å². The molecule has 130 valence electrons. The molecule has 0 saturated heterocycles. The molecule has 5 nitrogen and oxygen atoms in total. The first-order chi connectivity index (χ1) is 12.2. The molecule has 0 bridgehead atoms. The van der Waals surface area contributed by atoms with Crippen LogP contribution in [0.3, 0.4) is 0 Å². The van der Waals surface area contributed by atoms with Crippen molar-refractivity contribution in [2.45, 2.75) is 12.8 Å². The zero-order chi connectivity index (χ0) is 17.6. The molecule has 0 spiro atoms. The Labute approximate surface area is 148 Å². The first-order valence-electron chi connectivity index (χ1n) is 8.57. The van der Waals surface area contributed by atoms with Crippen LogP contribution < -0.4 is 10.2 Å². The highest BCUT2D eigenvalue weighted by Crippen LogP contribution is 2.27. The van der Waals surface area contributed by atoms with Gasteiger partial charge in [-0.05, 0) is 43.2 Å². The van der Waals surface area contributed by atoms with E-state index >= 15 is 0 Å². The number of hydrogen-bond acceptors (Lipinski definition) is 5. The van der Waals surface area contributed by atoms with Crippen molar-refractivity contribution in [3.63, 3.8) is 0 Å². The fraction of sp³-hybridized carbons (Fsp3) is 0.300. The highest BCUT2D eigenvalue weighted by Gasteiger charge is 2.08. The van der Waals surface area contributed by atoms with Crippen LogP contribution in [0, 0.1) is 0 Å². The summed E-state index contributed by atoms with van der Waals surface area (Å²) in [7, 11) is 4.06. The fourth-order valence-corrected chi connectivity index (χ4v) is 2.73. The van der Waals surface area contributed by atoms with Crippen LogP contribution >= 0.6 is 0 Å². The lowest BCUT2D eigenvalue weighted by Crippen LogP contribution is -2.08. The van der Waals surface area contributed by atoms with Gasteiger partial charge in [-0.25, -0.2) is 4.98 Å². The van der Waals surface area contributed by atoms with Crippen molar-refractivity contribution >= 4 is 22.4 Å². The Bertz CT molecular complexity index is 831. The van der Waals surface area contributed by atoms with Crippen LogP contribution in [0.15, 0.2) is 48.7 Å². The number of aromatic nitrogens is 2. The number of hydrogen-bond donors (Lipinski definition) is 2. The van der Waals surface area contributed by atoms with Crippen molar-refractivity contribution in [3.05, 3.63) is 48.7 Å². The number of pyridine rings is 2. The monoisotopic (exact) mass is 336 g/mol. The van der Waals surface area contributed by atoms with Gasteiger partial charge in [0, 0.05) is 50.1 Å². The summed E-state index contributed by atoms with van der Waals surface area (Å²) in [5.74, 6) is 0.843. The second kappa shape index (κ2) is 7.94. The molecule has 1 aromatic carbocycles. The van der Waals surface area contributed by atoms with E-state index in [1.54, 1.807) is 6.20 Å². The summed E-state index contributed by atoms with van der Waals surface area (Å²) in [5.41, 5.74) is 4.05.